The molecule has 0 bridgehead atoms. The number of fused-ring (bicyclic) bond motifs is 1. The van der Waals surface area contributed by atoms with Crippen LogP contribution in [-0.4, -0.2) is 31.7 Å². The van der Waals surface area contributed by atoms with Gasteiger partial charge in [-0.15, -0.1) is 10.2 Å². The highest BCUT2D eigenvalue weighted by atomic mass is 16.5. The van der Waals surface area contributed by atoms with Gasteiger partial charge in [0.05, 0.1) is 22.7 Å². The molecule has 0 aliphatic heterocycles. The molecule has 5 rings (SSSR count). The summed E-state index contributed by atoms with van der Waals surface area (Å²) in [6, 6.07) is 22.3. The van der Waals surface area contributed by atoms with Crippen molar-refractivity contribution in [1.29, 1.82) is 5.26 Å². The van der Waals surface area contributed by atoms with E-state index < -0.39 is 5.91 Å². The summed E-state index contributed by atoms with van der Waals surface area (Å²) in [6.45, 7) is 0. The molecule has 2 heterocycles. The summed E-state index contributed by atoms with van der Waals surface area (Å²) >= 11 is 0. The molecular formula is C22H13N7O2. The fourth-order valence-electron chi connectivity index (χ4n) is 3.28. The third-order valence-electron chi connectivity index (χ3n) is 4.78. The lowest BCUT2D eigenvalue weighted by Crippen LogP contribution is -2.13. The van der Waals surface area contributed by atoms with Crippen molar-refractivity contribution in [2.75, 3.05) is 5.32 Å². The number of rotatable bonds is 4. The molecule has 31 heavy (non-hydrogen) atoms. The Kier molecular flexibility index (Phi) is 4.42. The molecule has 9 nitrogen and oxygen atoms in total. The number of nitrogens with one attached hydrogen (secondary N) is 2. The van der Waals surface area contributed by atoms with Gasteiger partial charge in [-0.05, 0) is 46.7 Å². The lowest BCUT2D eigenvalue weighted by Gasteiger charge is -2.08. The molecule has 1 amide bonds. The van der Waals surface area contributed by atoms with E-state index in [9.17, 15) is 10.1 Å². The Morgan fingerprint density at radius 3 is 2.68 bits per heavy atom. The minimum absolute atomic E-state index is 0.151. The summed E-state index contributed by atoms with van der Waals surface area (Å²) in [6.07, 6.45) is 0. The van der Waals surface area contributed by atoms with E-state index in [0.717, 1.165) is 11.1 Å². The second kappa shape index (κ2) is 7.53. The number of aromatic nitrogens is 5. The summed E-state index contributed by atoms with van der Waals surface area (Å²) in [5, 5.41) is 30.3. The first-order chi connectivity index (χ1) is 15.2. The molecule has 0 spiro atoms. The maximum Gasteiger partial charge on any atom is 0.278 e. The zero-order chi connectivity index (χ0) is 21.2. The van der Waals surface area contributed by atoms with Gasteiger partial charge < -0.3 is 9.84 Å². The van der Waals surface area contributed by atoms with E-state index in [1.54, 1.807) is 18.2 Å². The number of benzene rings is 3. The minimum Gasteiger partial charge on any atom is -0.355 e. The Morgan fingerprint density at radius 2 is 1.90 bits per heavy atom. The van der Waals surface area contributed by atoms with Crippen LogP contribution in [0, 0.1) is 11.3 Å². The molecule has 0 saturated carbocycles. The summed E-state index contributed by atoms with van der Waals surface area (Å²) in [4.78, 5) is 13.0. The van der Waals surface area contributed by atoms with E-state index in [-0.39, 0.29) is 11.5 Å². The quantitative estimate of drug-likeness (QED) is 0.463. The molecule has 0 aliphatic carbocycles. The third-order valence-corrected chi connectivity index (χ3v) is 4.78. The fourth-order valence-corrected chi connectivity index (χ4v) is 3.28. The summed E-state index contributed by atoms with van der Waals surface area (Å²) in [5.74, 6) is -0.203. The average Bonchev–Trinajstić information content (AvgIpc) is 3.50. The van der Waals surface area contributed by atoms with E-state index >= 15 is 0 Å². The van der Waals surface area contributed by atoms with Gasteiger partial charge in [0.2, 0.25) is 5.82 Å². The van der Waals surface area contributed by atoms with Gasteiger partial charge in [0.1, 0.15) is 0 Å². The van der Waals surface area contributed by atoms with Crippen LogP contribution in [0.3, 0.4) is 0 Å². The van der Waals surface area contributed by atoms with Gasteiger partial charge in [0.25, 0.3) is 5.91 Å². The molecule has 2 N–H and O–H groups in total. The van der Waals surface area contributed by atoms with E-state index in [1.807, 2.05) is 48.5 Å². The lowest BCUT2D eigenvalue weighted by molar-refractivity contribution is 0.102. The summed E-state index contributed by atoms with van der Waals surface area (Å²) < 4.78 is 5.42. The number of nitrogens with zero attached hydrogens (tertiary/aromatic N) is 5. The normalized spacial score (nSPS) is 10.7. The number of carbonyl (C=O) groups is 1. The van der Waals surface area contributed by atoms with Crippen molar-refractivity contribution < 1.29 is 9.32 Å². The zero-order valence-corrected chi connectivity index (χ0v) is 15.9. The van der Waals surface area contributed by atoms with Crippen molar-refractivity contribution in [1.82, 2.24) is 25.8 Å². The smallest absolute Gasteiger partial charge is 0.278 e. The highest BCUT2D eigenvalue weighted by molar-refractivity contribution is 6.12. The minimum atomic E-state index is -0.458. The van der Waals surface area contributed by atoms with Crippen LogP contribution >= 0.6 is 0 Å². The number of anilines is 1. The maximum absolute atomic E-state index is 13.0. The van der Waals surface area contributed by atoms with Gasteiger partial charge in [-0.2, -0.15) is 10.5 Å². The number of carbonyl (C=O) groups excluding carboxylic acids is 1. The van der Waals surface area contributed by atoms with Gasteiger partial charge in [-0.1, -0.05) is 41.6 Å². The van der Waals surface area contributed by atoms with Gasteiger partial charge in [0, 0.05) is 5.56 Å². The Bertz CT molecular complexity index is 1430. The molecule has 3 aromatic carbocycles. The summed E-state index contributed by atoms with van der Waals surface area (Å²) in [5.41, 5.74) is 3.93. The van der Waals surface area contributed by atoms with E-state index in [0.29, 0.717) is 27.8 Å². The number of amides is 1. The summed E-state index contributed by atoms with van der Waals surface area (Å²) in [7, 11) is 0. The zero-order valence-electron chi connectivity index (χ0n) is 15.9. The Morgan fingerprint density at radius 1 is 1.03 bits per heavy atom. The number of hydrogen-bond donors (Lipinski definition) is 2. The number of nitriles is 1. The van der Waals surface area contributed by atoms with Crippen LogP contribution in [0.4, 0.5) is 5.69 Å². The van der Waals surface area contributed by atoms with Crippen LogP contribution in [0.25, 0.3) is 33.5 Å². The Hall–Kier alpha value is -4.84. The molecule has 0 unspecified atom stereocenters. The van der Waals surface area contributed by atoms with Gasteiger partial charge in [0.15, 0.2) is 11.3 Å². The fraction of sp³-hybridized carbons (Fsp3) is 0. The van der Waals surface area contributed by atoms with Crippen LogP contribution in [-0.2, 0) is 0 Å². The number of hydrogen-bond acceptors (Lipinski definition) is 7. The van der Waals surface area contributed by atoms with Crippen molar-refractivity contribution >= 4 is 22.6 Å². The molecule has 0 fully saturated rings. The predicted molar refractivity (Wildman–Crippen MR) is 112 cm³/mol. The topological polar surface area (TPSA) is 133 Å². The molecule has 0 radical (unpaired) electrons. The van der Waals surface area contributed by atoms with E-state index in [1.165, 1.54) is 0 Å². The standard InChI is InChI=1S/C22H13N7O2/c23-12-13-6-9-18(17(10-13)21-25-28-29-26-21)24-22(30)20-16-8-7-15(11-19(16)31-27-20)14-4-2-1-3-5-14/h1-11H,(H,24,30)(H,25,26,28,29). The first kappa shape index (κ1) is 18.2. The molecule has 2 aromatic heterocycles. The average molecular weight is 407 g/mol. The largest absolute Gasteiger partial charge is 0.355 e. The number of H-pyrrole nitrogens is 1. The molecule has 0 atom stereocenters. The lowest BCUT2D eigenvalue weighted by atomic mass is 10.0. The van der Waals surface area contributed by atoms with Crippen LogP contribution in [0.5, 0.6) is 0 Å². The van der Waals surface area contributed by atoms with Crippen LogP contribution < -0.4 is 5.32 Å². The number of tetrazole rings is 1. The maximum atomic E-state index is 13.0. The van der Waals surface area contributed by atoms with Crippen molar-refractivity contribution in [3.63, 3.8) is 0 Å². The predicted octanol–water partition coefficient (Wildman–Crippen LogP) is 3.80. The second-order valence-electron chi connectivity index (χ2n) is 6.67. The van der Waals surface area contributed by atoms with Crippen molar-refractivity contribution in [2.24, 2.45) is 0 Å². The molecule has 148 valence electrons. The monoisotopic (exact) mass is 407 g/mol. The Labute approximate surface area is 175 Å². The highest BCUT2D eigenvalue weighted by Gasteiger charge is 2.19. The van der Waals surface area contributed by atoms with Crippen LogP contribution in [0.2, 0.25) is 0 Å². The van der Waals surface area contributed by atoms with E-state index in [4.69, 9.17) is 4.52 Å². The van der Waals surface area contributed by atoms with E-state index in [2.05, 4.69) is 37.2 Å². The van der Waals surface area contributed by atoms with Gasteiger partial charge in [-0.25, -0.2) is 0 Å². The van der Waals surface area contributed by atoms with Crippen molar-refractivity contribution in [3.05, 3.63) is 78.0 Å². The van der Waals surface area contributed by atoms with Gasteiger partial charge >= 0.3 is 0 Å². The molecule has 5 aromatic rings. The van der Waals surface area contributed by atoms with Crippen LogP contribution in [0.1, 0.15) is 16.1 Å². The Balaban J connectivity index is 1.48. The highest BCUT2D eigenvalue weighted by Crippen LogP contribution is 2.29. The van der Waals surface area contributed by atoms with Crippen LogP contribution in [0.15, 0.2) is 71.3 Å². The van der Waals surface area contributed by atoms with Crippen molar-refractivity contribution in [3.8, 4) is 28.6 Å². The molecular weight excluding hydrogens is 394 g/mol. The van der Waals surface area contributed by atoms with Gasteiger partial charge in [-0.3, -0.25) is 4.79 Å². The molecule has 0 saturated heterocycles. The third kappa shape index (κ3) is 3.38. The first-order valence-electron chi connectivity index (χ1n) is 9.27. The first-order valence-corrected chi connectivity index (χ1v) is 9.27. The SMILES string of the molecule is N#Cc1ccc(NC(=O)c2noc3cc(-c4ccccc4)ccc23)c(-c2nn[nH]n2)c1. The van der Waals surface area contributed by atoms with Crippen molar-refractivity contribution in [2.45, 2.75) is 0 Å². The number of aromatic amines is 1. The molecule has 0 aliphatic rings. The second-order valence-corrected chi connectivity index (χ2v) is 6.67. The molecule has 9 heteroatoms.